The standard InChI is InChI=1S/C20H27N5O4/c1-5-23(12-14-8-6-7-10-21-14)18(26)17-15-13-24(19(27)29-20(2,3)4)11-9-16(15)22-25(17)28/h6-8,10,28H,5,9,11-13H2,1-4H3. The summed E-state index contributed by atoms with van der Waals surface area (Å²) >= 11 is 0. The second kappa shape index (κ2) is 8.10. The fourth-order valence-electron chi connectivity index (χ4n) is 3.22. The van der Waals surface area contributed by atoms with Gasteiger partial charge in [-0.3, -0.25) is 9.78 Å². The van der Waals surface area contributed by atoms with Crippen LogP contribution in [-0.4, -0.2) is 60.6 Å². The number of ether oxygens (including phenoxy) is 1. The predicted molar refractivity (Wildman–Crippen MR) is 104 cm³/mol. The molecule has 0 fully saturated rings. The number of hydrogen-bond donors (Lipinski definition) is 1. The highest BCUT2D eigenvalue weighted by molar-refractivity contribution is 5.94. The largest absolute Gasteiger partial charge is 0.444 e. The molecular weight excluding hydrogens is 374 g/mol. The van der Waals surface area contributed by atoms with Gasteiger partial charge in [-0.15, -0.1) is 5.10 Å². The Bertz CT molecular complexity index is 888. The first-order valence-electron chi connectivity index (χ1n) is 9.66. The van der Waals surface area contributed by atoms with Crippen molar-refractivity contribution in [2.24, 2.45) is 0 Å². The normalized spacial score (nSPS) is 13.7. The van der Waals surface area contributed by atoms with Crippen molar-refractivity contribution in [1.82, 2.24) is 24.7 Å². The fourth-order valence-corrected chi connectivity index (χ4v) is 3.22. The van der Waals surface area contributed by atoms with E-state index < -0.39 is 11.7 Å². The second-order valence-corrected chi connectivity index (χ2v) is 7.96. The Morgan fingerprint density at radius 2 is 2.07 bits per heavy atom. The molecule has 1 aliphatic heterocycles. The number of amides is 2. The Morgan fingerprint density at radius 1 is 1.31 bits per heavy atom. The maximum absolute atomic E-state index is 13.2. The van der Waals surface area contributed by atoms with Crippen LogP contribution < -0.4 is 0 Å². The number of carbonyl (C=O) groups is 2. The van der Waals surface area contributed by atoms with Crippen LogP contribution in [-0.2, 0) is 24.2 Å². The summed E-state index contributed by atoms with van der Waals surface area (Å²) in [6, 6.07) is 5.51. The number of hydrogen-bond acceptors (Lipinski definition) is 6. The molecule has 0 unspecified atom stereocenters. The summed E-state index contributed by atoms with van der Waals surface area (Å²) in [5.41, 5.74) is 1.37. The number of carbonyl (C=O) groups excluding carboxylic acids is 2. The van der Waals surface area contributed by atoms with E-state index in [2.05, 4.69) is 10.1 Å². The zero-order valence-electron chi connectivity index (χ0n) is 17.3. The number of pyridine rings is 1. The summed E-state index contributed by atoms with van der Waals surface area (Å²) in [7, 11) is 0. The molecule has 1 N–H and O–H groups in total. The summed E-state index contributed by atoms with van der Waals surface area (Å²) in [6.07, 6.45) is 1.66. The van der Waals surface area contributed by atoms with Gasteiger partial charge in [-0.25, -0.2) is 4.79 Å². The van der Waals surface area contributed by atoms with Gasteiger partial charge < -0.3 is 19.7 Å². The molecule has 0 spiro atoms. The van der Waals surface area contributed by atoms with Gasteiger partial charge in [0.1, 0.15) is 5.60 Å². The topological polar surface area (TPSA) is 101 Å². The van der Waals surface area contributed by atoms with E-state index in [-0.39, 0.29) is 18.1 Å². The summed E-state index contributed by atoms with van der Waals surface area (Å²) in [5, 5.41) is 14.4. The molecular formula is C20H27N5O4. The van der Waals surface area contributed by atoms with Crippen molar-refractivity contribution in [3.8, 4) is 0 Å². The Balaban J connectivity index is 1.83. The van der Waals surface area contributed by atoms with Crippen LogP contribution >= 0.6 is 0 Å². The van der Waals surface area contributed by atoms with E-state index in [1.807, 2.05) is 25.1 Å². The van der Waals surface area contributed by atoms with Crippen LogP contribution in [0.15, 0.2) is 24.4 Å². The van der Waals surface area contributed by atoms with Crippen molar-refractivity contribution in [3.63, 3.8) is 0 Å². The van der Waals surface area contributed by atoms with Gasteiger partial charge in [-0.1, -0.05) is 10.9 Å². The predicted octanol–water partition coefficient (Wildman–Crippen LogP) is 2.47. The van der Waals surface area contributed by atoms with Crippen molar-refractivity contribution < 1.29 is 19.5 Å². The molecule has 0 radical (unpaired) electrons. The van der Waals surface area contributed by atoms with Crippen LogP contribution in [0.1, 0.15) is 55.1 Å². The van der Waals surface area contributed by atoms with Crippen molar-refractivity contribution >= 4 is 12.0 Å². The molecule has 0 atom stereocenters. The van der Waals surface area contributed by atoms with E-state index in [1.165, 1.54) is 4.90 Å². The van der Waals surface area contributed by atoms with Gasteiger partial charge in [0.2, 0.25) is 0 Å². The molecule has 2 aromatic rings. The van der Waals surface area contributed by atoms with E-state index in [1.54, 1.807) is 31.9 Å². The van der Waals surface area contributed by atoms with Crippen LogP contribution in [0.2, 0.25) is 0 Å². The average molecular weight is 401 g/mol. The first kappa shape index (κ1) is 20.6. The SMILES string of the molecule is CCN(Cc1ccccn1)C(=O)c1c2c(nn1O)CCN(C(=O)OC(C)(C)C)C2. The lowest BCUT2D eigenvalue weighted by Crippen LogP contribution is -2.40. The third kappa shape index (κ3) is 4.67. The third-order valence-corrected chi connectivity index (χ3v) is 4.62. The summed E-state index contributed by atoms with van der Waals surface area (Å²) in [5.74, 6) is -0.361. The van der Waals surface area contributed by atoms with Gasteiger partial charge >= 0.3 is 6.09 Å². The molecule has 3 heterocycles. The van der Waals surface area contributed by atoms with E-state index in [0.29, 0.717) is 42.2 Å². The lowest BCUT2D eigenvalue weighted by Gasteiger charge is -2.30. The summed E-state index contributed by atoms with van der Waals surface area (Å²) in [4.78, 5) is 33.6. The molecule has 0 bridgehead atoms. The number of rotatable bonds is 4. The van der Waals surface area contributed by atoms with Crippen LogP contribution in [0.3, 0.4) is 0 Å². The van der Waals surface area contributed by atoms with Crippen molar-refractivity contribution in [3.05, 3.63) is 47.0 Å². The molecule has 2 aromatic heterocycles. The van der Waals surface area contributed by atoms with E-state index in [9.17, 15) is 14.8 Å². The fraction of sp³-hybridized carbons (Fsp3) is 0.500. The minimum Gasteiger partial charge on any atom is -0.444 e. The number of nitrogens with zero attached hydrogens (tertiary/aromatic N) is 5. The van der Waals surface area contributed by atoms with Gasteiger partial charge in [0, 0.05) is 31.3 Å². The highest BCUT2D eigenvalue weighted by Crippen LogP contribution is 2.25. The van der Waals surface area contributed by atoms with Crippen molar-refractivity contribution in [2.75, 3.05) is 13.1 Å². The van der Waals surface area contributed by atoms with Gasteiger partial charge in [0.05, 0.1) is 24.5 Å². The highest BCUT2D eigenvalue weighted by Gasteiger charge is 2.33. The van der Waals surface area contributed by atoms with Crippen LogP contribution in [0.25, 0.3) is 0 Å². The maximum Gasteiger partial charge on any atom is 0.410 e. The quantitative estimate of drug-likeness (QED) is 0.790. The molecule has 0 saturated heterocycles. The van der Waals surface area contributed by atoms with E-state index in [0.717, 1.165) is 5.69 Å². The summed E-state index contributed by atoms with van der Waals surface area (Å²) in [6.45, 7) is 8.59. The molecule has 9 heteroatoms. The first-order chi connectivity index (χ1) is 13.7. The first-order valence-corrected chi connectivity index (χ1v) is 9.66. The Hall–Kier alpha value is -3.10. The lowest BCUT2D eigenvalue weighted by molar-refractivity contribution is 0.0221. The molecule has 0 aliphatic carbocycles. The zero-order chi connectivity index (χ0) is 21.2. The molecule has 29 heavy (non-hydrogen) atoms. The lowest BCUT2D eigenvalue weighted by atomic mass is 10.0. The minimum absolute atomic E-state index is 0.0750. The van der Waals surface area contributed by atoms with Gasteiger partial charge in [-0.05, 0) is 39.8 Å². The van der Waals surface area contributed by atoms with Gasteiger partial charge in [0.25, 0.3) is 5.91 Å². The minimum atomic E-state index is -0.612. The average Bonchev–Trinajstić information content (AvgIpc) is 2.99. The van der Waals surface area contributed by atoms with Crippen molar-refractivity contribution in [2.45, 2.75) is 52.8 Å². The Kier molecular flexibility index (Phi) is 5.76. The Labute approximate surface area is 169 Å². The van der Waals surface area contributed by atoms with Crippen LogP contribution in [0.5, 0.6) is 0 Å². The van der Waals surface area contributed by atoms with E-state index in [4.69, 9.17) is 4.74 Å². The maximum atomic E-state index is 13.2. The third-order valence-electron chi connectivity index (χ3n) is 4.62. The highest BCUT2D eigenvalue weighted by atomic mass is 16.6. The van der Waals surface area contributed by atoms with Gasteiger partial charge in [-0.2, -0.15) is 0 Å². The summed E-state index contributed by atoms with van der Waals surface area (Å²) < 4.78 is 5.44. The number of aromatic nitrogens is 3. The molecule has 0 saturated carbocycles. The van der Waals surface area contributed by atoms with Crippen LogP contribution in [0.4, 0.5) is 4.79 Å². The molecule has 3 rings (SSSR count). The second-order valence-electron chi connectivity index (χ2n) is 7.96. The molecule has 1 aliphatic rings. The smallest absolute Gasteiger partial charge is 0.410 e. The molecule has 9 nitrogen and oxygen atoms in total. The Morgan fingerprint density at radius 3 is 2.69 bits per heavy atom. The van der Waals surface area contributed by atoms with Crippen molar-refractivity contribution in [1.29, 1.82) is 0 Å². The zero-order valence-corrected chi connectivity index (χ0v) is 17.3. The molecule has 156 valence electrons. The molecule has 2 amide bonds. The monoisotopic (exact) mass is 401 g/mol. The van der Waals surface area contributed by atoms with Gasteiger partial charge in [0.15, 0.2) is 5.69 Å². The van der Waals surface area contributed by atoms with E-state index >= 15 is 0 Å². The molecule has 0 aromatic carbocycles. The number of fused-ring (bicyclic) bond motifs is 1. The van der Waals surface area contributed by atoms with Crippen LogP contribution in [0, 0.1) is 0 Å².